The summed E-state index contributed by atoms with van der Waals surface area (Å²) < 4.78 is 0. The van der Waals surface area contributed by atoms with Gasteiger partial charge >= 0.3 is 0 Å². The molecule has 0 aliphatic rings. The van der Waals surface area contributed by atoms with Crippen molar-refractivity contribution in [2.24, 2.45) is 0 Å². The molecule has 0 aliphatic carbocycles. The molecule has 0 bridgehead atoms. The number of imide groups is 1. The fourth-order valence-electron chi connectivity index (χ4n) is 0.223. The van der Waals surface area contributed by atoms with Crippen LogP contribution in [0.25, 0.3) is 0 Å². The number of amides is 2. The van der Waals surface area contributed by atoms with Gasteiger partial charge in [0.2, 0.25) is 11.8 Å². The summed E-state index contributed by atoms with van der Waals surface area (Å²) in [6, 6.07) is 0. The summed E-state index contributed by atoms with van der Waals surface area (Å²) in [5.41, 5.74) is 0. The first kappa shape index (κ1) is 17.2. The summed E-state index contributed by atoms with van der Waals surface area (Å²) in [7, 11) is 0. The standard InChI is InChI=1S/C6H7NO2.2CH2O/c1-3-5(8)7-6(9)4-2;2*1-2/h3-4H,1-2H2,(H,7,8,9);2*1H2. The second-order valence-electron chi connectivity index (χ2n) is 1.26. The Bertz CT molecular complexity index is 169. The largest absolute Gasteiger partial charge is 0.307 e. The predicted molar refractivity (Wildman–Crippen MR) is 47.8 cm³/mol. The Morgan fingerprint density at radius 2 is 1.08 bits per heavy atom. The third-order valence-corrected chi connectivity index (χ3v) is 0.617. The van der Waals surface area contributed by atoms with E-state index >= 15 is 0 Å². The van der Waals surface area contributed by atoms with E-state index in [0.717, 1.165) is 12.2 Å². The van der Waals surface area contributed by atoms with E-state index in [4.69, 9.17) is 9.59 Å². The van der Waals surface area contributed by atoms with E-state index in [1.165, 1.54) is 0 Å². The normalized spacial score (nSPS) is 5.85. The van der Waals surface area contributed by atoms with E-state index in [1.54, 1.807) is 0 Å². The lowest BCUT2D eigenvalue weighted by molar-refractivity contribution is -0.125. The fraction of sp³-hybridized carbons (Fsp3) is 0. The summed E-state index contributed by atoms with van der Waals surface area (Å²) in [6.07, 6.45) is 2.03. The van der Waals surface area contributed by atoms with Crippen molar-refractivity contribution in [3.05, 3.63) is 25.3 Å². The zero-order valence-electron chi connectivity index (χ0n) is 7.12. The average Bonchev–Trinajstić information content (AvgIpc) is 2.23. The molecule has 5 heteroatoms. The number of hydrogen-bond donors (Lipinski definition) is 1. The number of rotatable bonds is 2. The minimum absolute atomic E-state index is 0.514. The minimum atomic E-state index is -0.514. The Morgan fingerprint density at radius 3 is 1.23 bits per heavy atom. The lowest BCUT2D eigenvalue weighted by Crippen LogP contribution is -2.26. The molecule has 13 heavy (non-hydrogen) atoms. The molecule has 0 atom stereocenters. The quantitative estimate of drug-likeness (QED) is 0.595. The molecule has 0 saturated heterocycles. The van der Waals surface area contributed by atoms with E-state index in [2.05, 4.69) is 13.2 Å². The molecule has 0 heterocycles. The molecule has 0 aromatic carbocycles. The van der Waals surface area contributed by atoms with Crippen LogP contribution in [0.2, 0.25) is 0 Å². The van der Waals surface area contributed by atoms with E-state index < -0.39 is 11.8 Å². The van der Waals surface area contributed by atoms with Crippen molar-refractivity contribution in [1.29, 1.82) is 0 Å². The third kappa shape index (κ3) is 17.8. The molecule has 0 rings (SSSR count). The molecule has 0 aromatic rings. The maximum Gasteiger partial charge on any atom is 0.250 e. The van der Waals surface area contributed by atoms with Gasteiger partial charge in [0, 0.05) is 0 Å². The van der Waals surface area contributed by atoms with Gasteiger partial charge in [-0.1, -0.05) is 13.2 Å². The predicted octanol–water partition coefficient (Wildman–Crippen LogP) is -0.369. The molecule has 0 unspecified atom stereocenters. The SMILES string of the molecule is C=CC(=O)NC(=O)C=C.C=O.C=O. The van der Waals surface area contributed by atoms with Gasteiger partial charge in [0.15, 0.2) is 0 Å². The van der Waals surface area contributed by atoms with Crippen LogP contribution in [0.3, 0.4) is 0 Å². The highest BCUT2D eigenvalue weighted by atomic mass is 16.2. The van der Waals surface area contributed by atoms with Gasteiger partial charge in [0.05, 0.1) is 0 Å². The van der Waals surface area contributed by atoms with Gasteiger partial charge in [-0.2, -0.15) is 0 Å². The fourth-order valence-corrected chi connectivity index (χ4v) is 0.223. The molecule has 5 nitrogen and oxygen atoms in total. The third-order valence-electron chi connectivity index (χ3n) is 0.617. The van der Waals surface area contributed by atoms with Gasteiger partial charge in [-0.05, 0) is 12.2 Å². The van der Waals surface area contributed by atoms with Crippen LogP contribution in [0.1, 0.15) is 0 Å². The van der Waals surface area contributed by atoms with Gasteiger partial charge in [0.25, 0.3) is 0 Å². The summed E-state index contributed by atoms with van der Waals surface area (Å²) in [5.74, 6) is -1.03. The minimum Gasteiger partial charge on any atom is -0.307 e. The van der Waals surface area contributed by atoms with Gasteiger partial charge in [-0.15, -0.1) is 0 Å². The average molecular weight is 185 g/mol. The lowest BCUT2D eigenvalue weighted by atomic mass is 10.5. The van der Waals surface area contributed by atoms with Crippen LogP contribution in [0.4, 0.5) is 0 Å². The Hall–Kier alpha value is -2.04. The topological polar surface area (TPSA) is 80.3 Å². The molecule has 72 valence electrons. The Balaban J connectivity index is -0.000000218. The van der Waals surface area contributed by atoms with E-state index in [-0.39, 0.29) is 0 Å². The van der Waals surface area contributed by atoms with Crippen molar-refractivity contribution >= 4 is 25.4 Å². The summed E-state index contributed by atoms with van der Waals surface area (Å²) in [5, 5.41) is 1.97. The van der Waals surface area contributed by atoms with Crippen LogP contribution in [0, 0.1) is 0 Å². The van der Waals surface area contributed by atoms with Crippen LogP contribution in [0.5, 0.6) is 0 Å². The van der Waals surface area contributed by atoms with E-state index in [9.17, 15) is 9.59 Å². The molecule has 0 saturated carbocycles. The Morgan fingerprint density at radius 1 is 0.846 bits per heavy atom. The maximum absolute atomic E-state index is 10.3. The Labute approximate surface area is 76.1 Å². The summed E-state index contributed by atoms with van der Waals surface area (Å²) >= 11 is 0. The van der Waals surface area contributed by atoms with E-state index in [0.29, 0.717) is 0 Å². The molecule has 2 amide bonds. The molecule has 0 radical (unpaired) electrons. The molecule has 0 aromatic heterocycles. The van der Waals surface area contributed by atoms with E-state index in [1.807, 2.05) is 18.9 Å². The van der Waals surface area contributed by atoms with Gasteiger partial charge in [0.1, 0.15) is 13.6 Å². The number of carbonyl (C=O) groups is 4. The smallest absolute Gasteiger partial charge is 0.250 e. The molecular weight excluding hydrogens is 174 g/mol. The maximum atomic E-state index is 10.3. The first-order chi connectivity index (χ1) is 6.20. The van der Waals surface area contributed by atoms with Gasteiger partial charge < -0.3 is 9.59 Å². The van der Waals surface area contributed by atoms with Crippen LogP contribution >= 0.6 is 0 Å². The van der Waals surface area contributed by atoms with Crippen LogP contribution < -0.4 is 5.32 Å². The Kier molecular flexibility index (Phi) is 21.8. The lowest BCUT2D eigenvalue weighted by Gasteiger charge is -1.91. The first-order valence-electron chi connectivity index (χ1n) is 2.88. The molecule has 1 N–H and O–H groups in total. The molecule has 0 spiro atoms. The highest BCUT2D eigenvalue weighted by Crippen LogP contribution is 1.68. The molecule has 0 aliphatic heterocycles. The second kappa shape index (κ2) is 16.5. The van der Waals surface area contributed by atoms with Crippen molar-refractivity contribution in [2.75, 3.05) is 0 Å². The molecular formula is C8H11NO4. The summed E-state index contributed by atoms with van der Waals surface area (Å²) in [4.78, 5) is 36.6. The zero-order valence-corrected chi connectivity index (χ0v) is 7.12. The van der Waals surface area contributed by atoms with Gasteiger partial charge in [-0.3, -0.25) is 14.9 Å². The number of hydrogen-bond acceptors (Lipinski definition) is 4. The van der Waals surface area contributed by atoms with Gasteiger partial charge in [-0.25, -0.2) is 0 Å². The molecule has 0 fully saturated rings. The second-order valence-corrected chi connectivity index (χ2v) is 1.26. The first-order valence-corrected chi connectivity index (χ1v) is 2.88. The summed E-state index contributed by atoms with van der Waals surface area (Å²) in [6.45, 7) is 10.3. The van der Waals surface area contributed by atoms with Crippen LogP contribution in [0.15, 0.2) is 25.3 Å². The number of nitrogens with one attached hydrogen (secondary N) is 1. The zero-order chi connectivity index (χ0) is 11.3. The monoisotopic (exact) mass is 185 g/mol. The van der Waals surface area contributed by atoms with Crippen molar-refractivity contribution in [2.45, 2.75) is 0 Å². The number of carbonyl (C=O) groups excluding carboxylic acids is 4. The van der Waals surface area contributed by atoms with Crippen molar-refractivity contribution in [1.82, 2.24) is 5.32 Å². The van der Waals surface area contributed by atoms with Crippen molar-refractivity contribution < 1.29 is 19.2 Å². The van der Waals surface area contributed by atoms with Crippen LogP contribution in [-0.2, 0) is 19.2 Å². The van der Waals surface area contributed by atoms with Crippen LogP contribution in [-0.4, -0.2) is 25.4 Å². The highest BCUT2D eigenvalue weighted by Gasteiger charge is 1.96. The van der Waals surface area contributed by atoms with Crippen molar-refractivity contribution in [3.8, 4) is 0 Å². The highest BCUT2D eigenvalue weighted by molar-refractivity contribution is 6.04. The van der Waals surface area contributed by atoms with Crippen molar-refractivity contribution in [3.63, 3.8) is 0 Å².